The molecule has 1 saturated heterocycles. The molecule has 0 aliphatic carbocycles. The summed E-state index contributed by atoms with van der Waals surface area (Å²) in [4.78, 5) is 25.9. The van der Waals surface area contributed by atoms with Crippen molar-refractivity contribution in [1.82, 2.24) is 9.88 Å². The number of anilines is 1. The zero-order valence-electron chi connectivity index (χ0n) is 16.3. The summed E-state index contributed by atoms with van der Waals surface area (Å²) in [7, 11) is 3.07. The number of halogens is 1. The number of benzene rings is 1. The van der Waals surface area contributed by atoms with Crippen LogP contribution >= 0.6 is 12.4 Å². The third-order valence-corrected chi connectivity index (χ3v) is 4.91. The molecule has 2 aromatic rings. The molecular formula is C20H26ClN3O4. The van der Waals surface area contributed by atoms with E-state index in [1.807, 2.05) is 6.07 Å². The van der Waals surface area contributed by atoms with E-state index in [4.69, 9.17) is 9.47 Å². The molecule has 0 bridgehead atoms. The van der Waals surface area contributed by atoms with Crippen molar-refractivity contribution < 1.29 is 14.3 Å². The number of piperidine rings is 1. The fourth-order valence-electron chi connectivity index (χ4n) is 3.39. The average Bonchev–Trinajstić information content (AvgIpc) is 2.68. The molecule has 1 fully saturated rings. The standard InChI is InChI=1S/C20H25N3O4.ClH/c1-13-8-11-23(14-6-9-21-10-7-14)20(25)18(13)19(24)22-16-12-15(26-2)4-5-17(16)27-3;/h4-5,8,11-12,14,21H,6-7,9-10H2,1-3H3,(H,22,24);1H. The molecule has 1 aliphatic heterocycles. The number of carbonyl (C=O) groups excluding carboxylic acids is 1. The maximum absolute atomic E-state index is 13.0. The van der Waals surface area contributed by atoms with Crippen molar-refractivity contribution in [1.29, 1.82) is 0 Å². The highest BCUT2D eigenvalue weighted by Gasteiger charge is 2.22. The monoisotopic (exact) mass is 407 g/mol. The number of methoxy groups -OCH3 is 2. The van der Waals surface area contributed by atoms with Crippen LogP contribution in [0, 0.1) is 6.92 Å². The summed E-state index contributed by atoms with van der Waals surface area (Å²) in [6.07, 6.45) is 3.53. The lowest BCUT2D eigenvalue weighted by Crippen LogP contribution is -2.37. The average molecular weight is 408 g/mol. The van der Waals surface area contributed by atoms with Gasteiger partial charge in [0, 0.05) is 18.3 Å². The molecule has 152 valence electrons. The molecule has 0 saturated carbocycles. The van der Waals surface area contributed by atoms with Gasteiger partial charge in [-0.15, -0.1) is 12.4 Å². The van der Waals surface area contributed by atoms with Crippen molar-refractivity contribution in [3.8, 4) is 11.5 Å². The van der Waals surface area contributed by atoms with Crippen molar-refractivity contribution in [3.63, 3.8) is 0 Å². The molecule has 0 atom stereocenters. The van der Waals surface area contributed by atoms with E-state index in [1.54, 1.807) is 43.0 Å². The Labute approximate surface area is 170 Å². The SMILES string of the molecule is COc1ccc(OC)c(NC(=O)c2c(C)ccn(C3CCNCC3)c2=O)c1.Cl. The van der Waals surface area contributed by atoms with E-state index in [9.17, 15) is 9.59 Å². The Morgan fingerprint density at radius 2 is 1.89 bits per heavy atom. The number of ether oxygens (including phenoxy) is 2. The van der Waals surface area contributed by atoms with Gasteiger partial charge in [-0.2, -0.15) is 0 Å². The van der Waals surface area contributed by atoms with Crippen LogP contribution in [-0.4, -0.2) is 37.8 Å². The highest BCUT2D eigenvalue weighted by atomic mass is 35.5. The van der Waals surface area contributed by atoms with Gasteiger partial charge in [0.15, 0.2) is 0 Å². The van der Waals surface area contributed by atoms with E-state index in [-0.39, 0.29) is 29.6 Å². The number of rotatable bonds is 5. The van der Waals surface area contributed by atoms with E-state index in [1.165, 1.54) is 7.11 Å². The first-order chi connectivity index (χ1) is 13.0. The van der Waals surface area contributed by atoms with Gasteiger partial charge in [0.1, 0.15) is 17.1 Å². The van der Waals surface area contributed by atoms with Crippen molar-refractivity contribution in [2.75, 3.05) is 32.6 Å². The van der Waals surface area contributed by atoms with Gasteiger partial charge in [-0.3, -0.25) is 9.59 Å². The molecule has 1 aromatic carbocycles. The molecule has 0 spiro atoms. The third-order valence-electron chi connectivity index (χ3n) is 4.91. The predicted octanol–water partition coefficient (Wildman–Crippen LogP) is 2.77. The van der Waals surface area contributed by atoms with Crippen molar-refractivity contribution in [2.45, 2.75) is 25.8 Å². The number of aryl methyl sites for hydroxylation is 1. The van der Waals surface area contributed by atoms with Gasteiger partial charge >= 0.3 is 0 Å². The van der Waals surface area contributed by atoms with Gasteiger partial charge in [-0.25, -0.2) is 0 Å². The van der Waals surface area contributed by atoms with E-state index in [0.29, 0.717) is 22.7 Å². The summed E-state index contributed by atoms with van der Waals surface area (Å²) in [6.45, 7) is 3.51. The molecule has 3 rings (SSSR count). The quantitative estimate of drug-likeness (QED) is 0.796. The van der Waals surface area contributed by atoms with E-state index in [2.05, 4.69) is 10.6 Å². The summed E-state index contributed by atoms with van der Waals surface area (Å²) in [5, 5.41) is 6.08. The van der Waals surface area contributed by atoms with Crippen LogP contribution in [0.15, 0.2) is 35.3 Å². The Morgan fingerprint density at radius 1 is 1.18 bits per heavy atom. The molecule has 2 N–H and O–H groups in total. The minimum Gasteiger partial charge on any atom is -0.497 e. The Balaban J connectivity index is 0.00000280. The molecule has 1 aromatic heterocycles. The summed E-state index contributed by atoms with van der Waals surface area (Å²) in [6, 6.07) is 7.05. The molecule has 0 radical (unpaired) electrons. The molecule has 8 heteroatoms. The third kappa shape index (κ3) is 4.48. The lowest BCUT2D eigenvalue weighted by Gasteiger charge is -2.25. The number of hydrogen-bond acceptors (Lipinski definition) is 5. The summed E-state index contributed by atoms with van der Waals surface area (Å²) in [5.41, 5.74) is 0.990. The van der Waals surface area contributed by atoms with Crippen LogP contribution in [0.3, 0.4) is 0 Å². The fraction of sp³-hybridized carbons (Fsp3) is 0.400. The largest absolute Gasteiger partial charge is 0.497 e. The van der Waals surface area contributed by atoms with Gasteiger partial charge < -0.3 is 24.7 Å². The predicted molar refractivity (Wildman–Crippen MR) is 111 cm³/mol. The first kappa shape index (κ1) is 21.8. The molecular weight excluding hydrogens is 382 g/mol. The number of aromatic nitrogens is 1. The normalized spacial score (nSPS) is 14.1. The van der Waals surface area contributed by atoms with Gasteiger partial charge in [0.05, 0.1) is 19.9 Å². The minimum absolute atomic E-state index is 0. The van der Waals surface area contributed by atoms with Crippen LogP contribution in [0.1, 0.15) is 34.8 Å². The summed E-state index contributed by atoms with van der Waals surface area (Å²) >= 11 is 0. The van der Waals surface area contributed by atoms with Crippen LogP contribution in [0.2, 0.25) is 0 Å². The lowest BCUT2D eigenvalue weighted by atomic mass is 10.0. The zero-order valence-corrected chi connectivity index (χ0v) is 17.1. The second kappa shape index (κ2) is 9.61. The van der Waals surface area contributed by atoms with Gasteiger partial charge in [0.25, 0.3) is 11.5 Å². The van der Waals surface area contributed by atoms with E-state index < -0.39 is 5.91 Å². The van der Waals surface area contributed by atoms with Crippen molar-refractivity contribution in [2.24, 2.45) is 0 Å². The maximum atomic E-state index is 13.0. The van der Waals surface area contributed by atoms with Crippen molar-refractivity contribution >= 4 is 24.0 Å². The van der Waals surface area contributed by atoms with Crippen LogP contribution < -0.4 is 25.7 Å². The van der Waals surface area contributed by atoms with E-state index in [0.717, 1.165) is 25.9 Å². The Bertz CT molecular complexity index is 892. The van der Waals surface area contributed by atoms with Crippen LogP contribution in [-0.2, 0) is 0 Å². The van der Waals surface area contributed by atoms with Gasteiger partial charge in [0.2, 0.25) is 0 Å². The Morgan fingerprint density at radius 3 is 2.54 bits per heavy atom. The molecule has 2 heterocycles. The zero-order chi connectivity index (χ0) is 19.4. The molecule has 28 heavy (non-hydrogen) atoms. The van der Waals surface area contributed by atoms with Gasteiger partial charge in [-0.05, 0) is 56.6 Å². The maximum Gasteiger partial charge on any atom is 0.263 e. The topological polar surface area (TPSA) is 81.6 Å². The number of hydrogen-bond donors (Lipinski definition) is 2. The first-order valence-corrected chi connectivity index (χ1v) is 9.01. The van der Waals surface area contributed by atoms with E-state index >= 15 is 0 Å². The van der Waals surface area contributed by atoms with Crippen LogP contribution in [0.25, 0.3) is 0 Å². The highest BCUT2D eigenvalue weighted by molar-refractivity contribution is 6.05. The number of carbonyl (C=O) groups is 1. The molecule has 1 aliphatic rings. The number of nitrogens with zero attached hydrogens (tertiary/aromatic N) is 1. The number of pyridine rings is 1. The Hall–Kier alpha value is -2.51. The number of amides is 1. The molecule has 7 nitrogen and oxygen atoms in total. The van der Waals surface area contributed by atoms with Crippen LogP contribution in [0.4, 0.5) is 5.69 Å². The summed E-state index contributed by atoms with van der Waals surface area (Å²) in [5.74, 6) is 0.631. The van der Waals surface area contributed by atoms with Crippen LogP contribution in [0.5, 0.6) is 11.5 Å². The first-order valence-electron chi connectivity index (χ1n) is 9.01. The fourth-order valence-corrected chi connectivity index (χ4v) is 3.39. The number of nitrogens with one attached hydrogen (secondary N) is 2. The van der Waals surface area contributed by atoms with Crippen molar-refractivity contribution in [3.05, 3.63) is 51.9 Å². The second-order valence-electron chi connectivity index (χ2n) is 6.59. The van der Waals surface area contributed by atoms with Gasteiger partial charge in [-0.1, -0.05) is 0 Å². The smallest absolute Gasteiger partial charge is 0.263 e. The second-order valence-corrected chi connectivity index (χ2v) is 6.59. The minimum atomic E-state index is -0.452. The molecule has 1 amide bonds. The highest BCUT2D eigenvalue weighted by Crippen LogP contribution is 2.29. The Kier molecular flexibility index (Phi) is 7.48. The lowest BCUT2D eigenvalue weighted by molar-refractivity contribution is 0.102. The molecule has 0 unspecified atom stereocenters. The summed E-state index contributed by atoms with van der Waals surface area (Å²) < 4.78 is 12.2.